The van der Waals surface area contributed by atoms with Crippen LogP contribution in [0, 0.1) is 13.8 Å². The van der Waals surface area contributed by atoms with E-state index >= 15 is 0 Å². The standard InChI is InChI=1S/C20H30N2O3/c1-5-6-7-19(23)21-8-10-22(11-9-21)20(24)14-17-12-16(3)18(25-4)13-15(17)2/h12-13H,5-11,14H2,1-4H3. The Balaban J connectivity index is 1.91. The summed E-state index contributed by atoms with van der Waals surface area (Å²) in [6.07, 6.45) is 2.99. The molecule has 2 rings (SSSR count). The number of methoxy groups -OCH3 is 1. The zero-order chi connectivity index (χ0) is 18.4. The number of carbonyl (C=O) groups excluding carboxylic acids is 2. The van der Waals surface area contributed by atoms with Crippen molar-refractivity contribution in [2.45, 2.75) is 46.5 Å². The Labute approximate surface area is 150 Å². The minimum atomic E-state index is 0.133. The first-order chi connectivity index (χ1) is 12.0. The van der Waals surface area contributed by atoms with Gasteiger partial charge in [0, 0.05) is 32.6 Å². The summed E-state index contributed by atoms with van der Waals surface area (Å²) in [6.45, 7) is 8.65. The highest BCUT2D eigenvalue weighted by Crippen LogP contribution is 2.23. The highest BCUT2D eigenvalue weighted by Gasteiger charge is 2.24. The maximum absolute atomic E-state index is 12.6. The number of ether oxygens (including phenoxy) is 1. The Morgan fingerprint density at radius 2 is 1.60 bits per heavy atom. The maximum atomic E-state index is 12.6. The summed E-state index contributed by atoms with van der Waals surface area (Å²) in [4.78, 5) is 28.5. The molecular weight excluding hydrogens is 316 g/mol. The smallest absolute Gasteiger partial charge is 0.227 e. The quantitative estimate of drug-likeness (QED) is 0.796. The van der Waals surface area contributed by atoms with Crippen molar-refractivity contribution >= 4 is 11.8 Å². The normalized spacial score (nSPS) is 14.6. The van der Waals surface area contributed by atoms with Gasteiger partial charge in [-0.25, -0.2) is 0 Å². The van der Waals surface area contributed by atoms with Crippen LogP contribution in [-0.2, 0) is 16.0 Å². The summed E-state index contributed by atoms with van der Waals surface area (Å²) in [7, 11) is 1.66. The van der Waals surface area contributed by atoms with E-state index in [-0.39, 0.29) is 11.8 Å². The monoisotopic (exact) mass is 346 g/mol. The van der Waals surface area contributed by atoms with Crippen molar-refractivity contribution < 1.29 is 14.3 Å². The molecule has 0 atom stereocenters. The number of rotatable bonds is 6. The fraction of sp³-hybridized carbons (Fsp3) is 0.600. The minimum absolute atomic E-state index is 0.133. The zero-order valence-electron chi connectivity index (χ0n) is 15.9. The lowest BCUT2D eigenvalue weighted by Crippen LogP contribution is -2.51. The third kappa shape index (κ3) is 4.97. The number of aryl methyl sites for hydroxylation is 2. The molecule has 0 aromatic heterocycles. The summed E-state index contributed by atoms with van der Waals surface area (Å²) in [5.41, 5.74) is 3.16. The van der Waals surface area contributed by atoms with Crippen LogP contribution >= 0.6 is 0 Å². The largest absolute Gasteiger partial charge is 0.496 e. The van der Waals surface area contributed by atoms with Crippen molar-refractivity contribution in [3.8, 4) is 5.75 Å². The first-order valence-electron chi connectivity index (χ1n) is 9.16. The molecule has 1 heterocycles. The average Bonchev–Trinajstić information content (AvgIpc) is 2.62. The molecule has 0 unspecified atom stereocenters. The van der Waals surface area contributed by atoms with Crippen LogP contribution < -0.4 is 4.74 Å². The molecule has 0 aliphatic carbocycles. The number of carbonyl (C=O) groups is 2. The van der Waals surface area contributed by atoms with E-state index in [0.29, 0.717) is 39.0 Å². The summed E-state index contributed by atoms with van der Waals surface area (Å²) in [5, 5.41) is 0. The Bertz CT molecular complexity index is 620. The van der Waals surface area contributed by atoms with Crippen LogP contribution in [0.2, 0.25) is 0 Å². The van der Waals surface area contributed by atoms with Crippen LogP contribution in [-0.4, -0.2) is 54.9 Å². The molecule has 1 fully saturated rings. The summed E-state index contributed by atoms with van der Waals surface area (Å²) < 4.78 is 5.33. The fourth-order valence-corrected chi connectivity index (χ4v) is 3.23. The van der Waals surface area contributed by atoms with Crippen molar-refractivity contribution in [3.63, 3.8) is 0 Å². The Morgan fingerprint density at radius 3 is 2.16 bits per heavy atom. The Morgan fingerprint density at radius 1 is 1.00 bits per heavy atom. The number of piperazine rings is 1. The molecule has 1 aromatic rings. The van der Waals surface area contributed by atoms with Gasteiger partial charge >= 0.3 is 0 Å². The van der Waals surface area contributed by atoms with E-state index in [9.17, 15) is 9.59 Å². The van der Waals surface area contributed by atoms with Gasteiger partial charge < -0.3 is 14.5 Å². The molecule has 0 spiro atoms. The molecule has 1 saturated heterocycles. The first kappa shape index (κ1) is 19.3. The van der Waals surface area contributed by atoms with E-state index in [0.717, 1.165) is 35.3 Å². The lowest BCUT2D eigenvalue weighted by molar-refractivity contribution is -0.139. The third-order valence-electron chi connectivity index (χ3n) is 4.92. The summed E-state index contributed by atoms with van der Waals surface area (Å²) >= 11 is 0. The number of nitrogens with zero attached hydrogens (tertiary/aromatic N) is 2. The van der Waals surface area contributed by atoms with Crippen LogP contribution in [0.15, 0.2) is 12.1 Å². The van der Waals surface area contributed by atoms with Gasteiger partial charge in [0.05, 0.1) is 13.5 Å². The molecule has 25 heavy (non-hydrogen) atoms. The molecule has 0 saturated carbocycles. The Hall–Kier alpha value is -2.04. The number of benzene rings is 1. The van der Waals surface area contributed by atoms with Crippen molar-refractivity contribution in [1.29, 1.82) is 0 Å². The fourth-order valence-electron chi connectivity index (χ4n) is 3.23. The van der Waals surface area contributed by atoms with E-state index in [1.165, 1.54) is 0 Å². The van der Waals surface area contributed by atoms with Gasteiger partial charge in [0.15, 0.2) is 0 Å². The number of hydrogen-bond acceptors (Lipinski definition) is 3. The summed E-state index contributed by atoms with van der Waals surface area (Å²) in [5.74, 6) is 1.21. The molecule has 5 nitrogen and oxygen atoms in total. The van der Waals surface area contributed by atoms with Gasteiger partial charge in [-0.1, -0.05) is 19.4 Å². The van der Waals surface area contributed by atoms with Gasteiger partial charge in [-0.3, -0.25) is 9.59 Å². The van der Waals surface area contributed by atoms with Gasteiger partial charge in [-0.05, 0) is 43.0 Å². The molecule has 2 amide bonds. The third-order valence-corrected chi connectivity index (χ3v) is 4.92. The van der Waals surface area contributed by atoms with Crippen LogP contribution in [0.5, 0.6) is 5.75 Å². The lowest BCUT2D eigenvalue weighted by Gasteiger charge is -2.35. The summed E-state index contributed by atoms with van der Waals surface area (Å²) in [6, 6.07) is 4.03. The lowest BCUT2D eigenvalue weighted by atomic mass is 10.0. The maximum Gasteiger partial charge on any atom is 0.227 e. The minimum Gasteiger partial charge on any atom is -0.496 e. The second kappa shape index (κ2) is 8.88. The molecule has 0 bridgehead atoms. The molecule has 0 N–H and O–H groups in total. The zero-order valence-corrected chi connectivity index (χ0v) is 15.9. The van der Waals surface area contributed by atoms with Crippen molar-refractivity contribution in [3.05, 3.63) is 28.8 Å². The van der Waals surface area contributed by atoms with E-state index in [1.807, 2.05) is 35.8 Å². The molecular formula is C20H30N2O3. The average molecular weight is 346 g/mol. The van der Waals surface area contributed by atoms with E-state index in [4.69, 9.17) is 4.74 Å². The highest BCUT2D eigenvalue weighted by atomic mass is 16.5. The highest BCUT2D eigenvalue weighted by molar-refractivity contribution is 5.80. The van der Waals surface area contributed by atoms with Gasteiger partial charge in [0.2, 0.25) is 11.8 Å². The Kier molecular flexibility index (Phi) is 6.85. The second-order valence-corrected chi connectivity index (χ2v) is 6.79. The van der Waals surface area contributed by atoms with E-state index < -0.39 is 0 Å². The molecule has 5 heteroatoms. The van der Waals surface area contributed by atoms with Crippen LogP contribution in [0.4, 0.5) is 0 Å². The predicted octanol–water partition coefficient (Wildman–Crippen LogP) is 2.72. The van der Waals surface area contributed by atoms with E-state index in [2.05, 4.69) is 6.92 Å². The second-order valence-electron chi connectivity index (χ2n) is 6.79. The van der Waals surface area contributed by atoms with Gasteiger partial charge in [-0.2, -0.15) is 0 Å². The topological polar surface area (TPSA) is 49.9 Å². The number of unbranched alkanes of at least 4 members (excludes halogenated alkanes) is 1. The SMILES string of the molecule is CCCCC(=O)N1CCN(C(=O)Cc2cc(C)c(OC)cc2C)CC1. The molecule has 138 valence electrons. The molecule has 1 aliphatic heterocycles. The van der Waals surface area contributed by atoms with E-state index in [1.54, 1.807) is 7.11 Å². The van der Waals surface area contributed by atoms with Crippen molar-refractivity contribution in [2.75, 3.05) is 33.3 Å². The van der Waals surface area contributed by atoms with Crippen LogP contribution in [0.1, 0.15) is 42.9 Å². The number of amides is 2. The van der Waals surface area contributed by atoms with Crippen LogP contribution in [0.3, 0.4) is 0 Å². The predicted molar refractivity (Wildman–Crippen MR) is 98.9 cm³/mol. The van der Waals surface area contributed by atoms with Crippen LogP contribution in [0.25, 0.3) is 0 Å². The van der Waals surface area contributed by atoms with Crippen molar-refractivity contribution in [1.82, 2.24) is 9.80 Å². The molecule has 1 aliphatic rings. The van der Waals surface area contributed by atoms with Crippen molar-refractivity contribution in [2.24, 2.45) is 0 Å². The van der Waals surface area contributed by atoms with Gasteiger partial charge in [0.25, 0.3) is 0 Å². The first-order valence-corrected chi connectivity index (χ1v) is 9.16. The number of hydrogen-bond donors (Lipinski definition) is 0. The van der Waals surface area contributed by atoms with Gasteiger partial charge in [-0.15, -0.1) is 0 Å². The van der Waals surface area contributed by atoms with Gasteiger partial charge in [0.1, 0.15) is 5.75 Å². The molecule has 1 aromatic carbocycles. The molecule has 0 radical (unpaired) electrons.